The van der Waals surface area contributed by atoms with Gasteiger partial charge in [-0.3, -0.25) is 9.52 Å². The first-order chi connectivity index (χ1) is 6.40. The normalized spacial score (nSPS) is 11.7. The van der Waals surface area contributed by atoms with Gasteiger partial charge in [-0.25, -0.2) is 8.42 Å². The van der Waals surface area contributed by atoms with Crippen LogP contribution < -0.4 is 10.0 Å². The molecule has 2 N–H and O–H groups in total. The van der Waals surface area contributed by atoms with Gasteiger partial charge in [-0.2, -0.15) is 0 Å². The predicted octanol–water partition coefficient (Wildman–Crippen LogP) is -0.160. The van der Waals surface area contributed by atoms with E-state index in [4.69, 9.17) is 0 Å². The summed E-state index contributed by atoms with van der Waals surface area (Å²) in [5.74, 6) is -0.459. The summed E-state index contributed by atoms with van der Waals surface area (Å²) >= 11 is 0. The van der Waals surface area contributed by atoms with Crippen molar-refractivity contribution in [2.45, 2.75) is 32.4 Å². The van der Waals surface area contributed by atoms with Crippen LogP contribution in [0.1, 0.15) is 27.2 Å². The molecule has 0 bridgehead atoms. The molecule has 5 nitrogen and oxygen atoms in total. The van der Waals surface area contributed by atoms with Gasteiger partial charge in [0, 0.05) is 13.0 Å². The minimum Gasteiger partial charge on any atom is -0.316 e. The Morgan fingerprint density at radius 1 is 1.36 bits per heavy atom. The topological polar surface area (TPSA) is 75.3 Å². The summed E-state index contributed by atoms with van der Waals surface area (Å²) < 4.78 is 24.5. The Morgan fingerprint density at radius 3 is 2.36 bits per heavy atom. The average molecular weight is 222 g/mol. The fourth-order valence-corrected chi connectivity index (χ4v) is 1.36. The van der Waals surface area contributed by atoms with Crippen LogP contribution in [0.3, 0.4) is 0 Å². The van der Waals surface area contributed by atoms with Crippen molar-refractivity contribution in [1.29, 1.82) is 0 Å². The summed E-state index contributed by atoms with van der Waals surface area (Å²) in [6.07, 6.45) is 0.180. The Morgan fingerprint density at radius 2 is 1.93 bits per heavy atom. The number of sulfonamides is 1. The summed E-state index contributed by atoms with van der Waals surface area (Å²) in [5, 5.41) is 2.36. The van der Waals surface area contributed by atoms with Crippen molar-refractivity contribution in [3.63, 3.8) is 0 Å². The number of carbonyl (C=O) groups excluding carboxylic acids is 1. The van der Waals surface area contributed by atoms with Crippen LogP contribution >= 0.6 is 0 Å². The van der Waals surface area contributed by atoms with E-state index in [1.54, 1.807) is 0 Å². The molecular weight excluding hydrogens is 204 g/mol. The third-order valence-corrected chi connectivity index (χ3v) is 3.41. The number of amides is 1. The molecule has 0 aliphatic heterocycles. The summed E-state index contributed by atoms with van der Waals surface area (Å²) in [4.78, 5) is 11.1. The maximum atomic E-state index is 11.2. The molecular formula is C8H18N2O3S. The molecule has 0 aliphatic rings. The smallest absolute Gasteiger partial charge is 0.237 e. The van der Waals surface area contributed by atoms with Gasteiger partial charge in [0.05, 0.1) is 5.25 Å². The molecule has 0 aromatic carbocycles. The van der Waals surface area contributed by atoms with Crippen LogP contribution in [0.5, 0.6) is 0 Å². The fourth-order valence-electron chi connectivity index (χ4n) is 0.706. The summed E-state index contributed by atoms with van der Waals surface area (Å²) in [5.41, 5.74) is 0. The highest BCUT2D eigenvalue weighted by atomic mass is 32.2. The second-order valence-electron chi connectivity index (χ2n) is 3.22. The molecule has 0 aliphatic carbocycles. The van der Waals surface area contributed by atoms with Crippen LogP contribution in [0, 0.1) is 0 Å². The molecule has 0 saturated carbocycles. The summed E-state index contributed by atoms with van der Waals surface area (Å²) in [6.45, 7) is 6.24. The van der Waals surface area contributed by atoms with E-state index in [0.717, 1.165) is 6.54 Å². The SMILES string of the molecule is CCNCCC(=O)NS(=O)(=O)C(C)C. The summed E-state index contributed by atoms with van der Waals surface area (Å²) in [6, 6.07) is 0. The molecule has 0 rings (SSSR count). The van der Waals surface area contributed by atoms with Crippen LogP contribution in [-0.4, -0.2) is 32.7 Å². The Labute approximate surface area is 85.3 Å². The van der Waals surface area contributed by atoms with Crippen molar-refractivity contribution in [2.75, 3.05) is 13.1 Å². The molecule has 0 aromatic rings. The Hall–Kier alpha value is -0.620. The lowest BCUT2D eigenvalue weighted by atomic mass is 10.4. The molecule has 1 amide bonds. The Bertz CT molecular complexity index is 272. The largest absolute Gasteiger partial charge is 0.316 e. The van der Waals surface area contributed by atoms with Crippen molar-refractivity contribution in [1.82, 2.24) is 10.0 Å². The quantitative estimate of drug-likeness (QED) is 0.612. The molecule has 0 aromatic heterocycles. The summed E-state index contributed by atoms with van der Waals surface area (Å²) in [7, 11) is -3.46. The maximum absolute atomic E-state index is 11.2. The van der Waals surface area contributed by atoms with E-state index >= 15 is 0 Å². The molecule has 14 heavy (non-hydrogen) atoms. The number of rotatable bonds is 6. The van der Waals surface area contributed by atoms with Gasteiger partial charge in [-0.15, -0.1) is 0 Å². The van der Waals surface area contributed by atoms with Gasteiger partial charge in [0.25, 0.3) is 0 Å². The lowest BCUT2D eigenvalue weighted by Gasteiger charge is -2.09. The highest BCUT2D eigenvalue weighted by molar-refractivity contribution is 7.90. The third-order valence-electron chi connectivity index (χ3n) is 1.66. The minimum atomic E-state index is -3.46. The lowest BCUT2D eigenvalue weighted by Crippen LogP contribution is -2.37. The van der Waals surface area contributed by atoms with Crippen LogP contribution in [0.2, 0.25) is 0 Å². The second-order valence-corrected chi connectivity index (χ2v) is 5.46. The van der Waals surface area contributed by atoms with Gasteiger partial charge < -0.3 is 5.32 Å². The Kier molecular flexibility index (Phi) is 5.71. The molecule has 6 heteroatoms. The maximum Gasteiger partial charge on any atom is 0.237 e. The molecule has 0 unspecified atom stereocenters. The van der Waals surface area contributed by atoms with Gasteiger partial charge >= 0.3 is 0 Å². The first-order valence-corrected chi connectivity index (χ1v) is 6.20. The molecule has 0 spiro atoms. The standard InChI is InChI=1S/C8H18N2O3S/c1-4-9-6-5-8(11)10-14(12,13)7(2)3/h7,9H,4-6H2,1-3H3,(H,10,11). The minimum absolute atomic E-state index is 0.180. The van der Waals surface area contributed by atoms with Crippen molar-refractivity contribution >= 4 is 15.9 Å². The van der Waals surface area contributed by atoms with E-state index in [9.17, 15) is 13.2 Å². The first-order valence-electron chi connectivity index (χ1n) is 4.65. The van der Waals surface area contributed by atoms with Gasteiger partial charge in [0.2, 0.25) is 15.9 Å². The van der Waals surface area contributed by atoms with Gasteiger partial charge in [-0.1, -0.05) is 6.92 Å². The monoisotopic (exact) mass is 222 g/mol. The van der Waals surface area contributed by atoms with Crippen molar-refractivity contribution in [3.8, 4) is 0 Å². The highest BCUT2D eigenvalue weighted by Gasteiger charge is 2.18. The van der Waals surface area contributed by atoms with E-state index in [-0.39, 0.29) is 6.42 Å². The van der Waals surface area contributed by atoms with E-state index in [2.05, 4.69) is 5.32 Å². The second kappa shape index (κ2) is 5.98. The van der Waals surface area contributed by atoms with Crippen molar-refractivity contribution < 1.29 is 13.2 Å². The molecule has 84 valence electrons. The average Bonchev–Trinajstić information content (AvgIpc) is 2.03. The molecule has 0 saturated heterocycles. The van der Waals surface area contributed by atoms with E-state index in [1.807, 2.05) is 11.6 Å². The van der Waals surface area contributed by atoms with Crippen LogP contribution in [-0.2, 0) is 14.8 Å². The van der Waals surface area contributed by atoms with E-state index in [1.165, 1.54) is 13.8 Å². The number of hydrogen-bond donors (Lipinski definition) is 2. The number of nitrogens with one attached hydrogen (secondary N) is 2. The molecule has 0 radical (unpaired) electrons. The predicted molar refractivity (Wildman–Crippen MR) is 55.4 cm³/mol. The lowest BCUT2D eigenvalue weighted by molar-refractivity contribution is -0.119. The van der Waals surface area contributed by atoms with Gasteiger partial charge in [0.15, 0.2) is 0 Å². The first kappa shape index (κ1) is 13.4. The van der Waals surface area contributed by atoms with Crippen LogP contribution in [0.25, 0.3) is 0 Å². The van der Waals surface area contributed by atoms with Crippen LogP contribution in [0.15, 0.2) is 0 Å². The van der Waals surface area contributed by atoms with Crippen molar-refractivity contribution in [3.05, 3.63) is 0 Å². The number of carbonyl (C=O) groups is 1. The molecule has 0 heterocycles. The van der Waals surface area contributed by atoms with Crippen LogP contribution in [0.4, 0.5) is 0 Å². The van der Waals surface area contributed by atoms with Crippen molar-refractivity contribution in [2.24, 2.45) is 0 Å². The highest BCUT2D eigenvalue weighted by Crippen LogP contribution is 1.96. The molecule has 0 fully saturated rings. The van der Waals surface area contributed by atoms with E-state index < -0.39 is 21.2 Å². The Balaban J connectivity index is 3.95. The zero-order valence-electron chi connectivity index (χ0n) is 8.83. The van der Waals surface area contributed by atoms with Gasteiger partial charge in [-0.05, 0) is 20.4 Å². The zero-order valence-corrected chi connectivity index (χ0v) is 9.65. The third kappa shape index (κ3) is 5.18. The molecule has 0 atom stereocenters. The number of hydrogen-bond acceptors (Lipinski definition) is 4. The van der Waals surface area contributed by atoms with Gasteiger partial charge in [0.1, 0.15) is 0 Å². The zero-order chi connectivity index (χ0) is 11.2. The van der Waals surface area contributed by atoms with E-state index in [0.29, 0.717) is 6.54 Å². The fraction of sp³-hybridized carbons (Fsp3) is 0.875.